The Morgan fingerprint density at radius 1 is 1.52 bits per heavy atom. The number of rotatable bonds is 6. The molecule has 7 nitrogen and oxygen atoms in total. The number of nitrogens with two attached hydrogens (primary N) is 2. The summed E-state index contributed by atoms with van der Waals surface area (Å²) in [6.07, 6.45) is 5.60. The Bertz CT molecular complexity index is 583. The van der Waals surface area contributed by atoms with Gasteiger partial charge in [-0.2, -0.15) is 0 Å². The van der Waals surface area contributed by atoms with E-state index in [-0.39, 0.29) is 12.8 Å². The second kappa shape index (κ2) is 9.59. The van der Waals surface area contributed by atoms with Crippen LogP contribution in [0, 0.1) is 16.6 Å². The van der Waals surface area contributed by atoms with Gasteiger partial charge in [-0.15, -0.1) is 0 Å². The Morgan fingerprint density at radius 3 is 2.83 bits per heavy atom. The first kappa shape index (κ1) is 18.7. The third-order valence-electron chi connectivity index (χ3n) is 3.39. The fourth-order valence-corrected chi connectivity index (χ4v) is 2.22. The highest BCUT2D eigenvalue weighted by atomic mass is 16.5. The summed E-state index contributed by atoms with van der Waals surface area (Å²) in [6, 6.07) is 0. The van der Waals surface area contributed by atoms with Gasteiger partial charge in [0.15, 0.2) is 0 Å². The molecule has 5 N–H and O–H groups in total. The number of hydrogen-bond acceptors (Lipinski definition) is 7. The van der Waals surface area contributed by atoms with Crippen LogP contribution >= 0.6 is 0 Å². The summed E-state index contributed by atoms with van der Waals surface area (Å²) >= 11 is 0. The molecule has 0 aromatic rings. The molecule has 1 aliphatic rings. The van der Waals surface area contributed by atoms with Crippen molar-refractivity contribution in [3.63, 3.8) is 0 Å². The number of nitrogens with zero attached hydrogens (tertiary/aromatic N) is 3. The minimum Gasteiger partial charge on any atom is -0.402 e. The molecule has 0 radical (unpaired) electrons. The van der Waals surface area contributed by atoms with Crippen molar-refractivity contribution in [2.45, 2.75) is 25.7 Å². The maximum atomic E-state index is 9.02. The summed E-state index contributed by atoms with van der Waals surface area (Å²) in [7, 11) is 1.61. The zero-order chi connectivity index (χ0) is 17.2. The van der Waals surface area contributed by atoms with Crippen molar-refractivity contribution in [1.82, 2.24) is 0 Å². The zero-order valence-corrected chi connectivity index (χ0v) is 13.6. The van der Waals surface area contributed by atoms with Crippen LogP contribution in [0.5, 0.6) is 0 Å². The van der Waals surface area contributed by atoms with Crippen LogP contribution in [0.15, 0.2) is 33.0 Å². The molecule has 1 rings (SSSR count). The molecule has 1 atom stereocenters. The Labute approximate surface area is 137 Å². The summed E-state index contributed by atoms with van der Waals surface area (Å²) in [5.74, 6) is 2.28. The van der Waals surface area contributed by atoms with E-state index >= 15 is 0 Å². The van der Waals surface area contributed by atoms with Crippen LogP contribution in [0.25, 0.3) is 0 Å². The first-order valence-electron chi connectivity index (χ1n) is 7.44. The molecule has 0 amide bonds. The summed E-state index contributed by atoms with van der Waals surface area (Å²) in [4.78, 5) is 8.36. The van der Waals surface area contributed by atoms with E-state index in [4.69, 9.17) is 26.9 Å². The van der Waals surface area contributed by atoms with Gasteiger partial charge in [-0.3, -0.25) is 9.98 Å². The number of nitriles is 1. The van der Waals surface area contributed by atoms with Gasteiger partial charge in [0.2, 0.25) is 0 Å². The average molecular weight is 314 g/mol. The van der Waals surface area contributed by atoms with Crippen molar-refractivity contribution in [1.29, 1.82) is 10.7 Å². The number of aliphatic imine (C=N–C) groups is 2. The molecule has 1 saturated heterocycles. The molecule has 0 aromatic heterocycles. The van der Waals surface area contributed by atoms with Crippen molar-refractivity contribution in [3.05, 3.63) is 23.0 Å². The summed E-state index contributed by atoms with van der Waals surface area (Å²) in [5, 5.41) is 16.4. The monoisotopic (exact) mass is 314 g/mol. The molecule has 23 heavy (non-hydrogen) atoms. The summed E-state index contributed by atoms with van der Waals surface area (Å²) in [5.41, 5.74) is 13.7. The Hall–Kier alpha value is -2.40. The van der Waals surface area contributed by atoms with E-state index in [0.717, 1.165) is 12.5 Å². The van der Waals surface area contributed by atoms with E-state index in [0.29, 0.717) is 42.2 Å². The molecule has 0 bridgehead atoms. The fraction of sp³-hybridized carbons (Fsp3) is 0.467. The molecule has 0 aromatic carbocycles. The standard InChI is InChI=1S/C15H23BN6O/c1-11(19)5-14(15(20)12(7-17)8-21-2)22-9-13-6-16(10-18)3-4-23-13/h5,7-8,13,17H,3-4,6,9,19-20H2,1-2H3/b11-5-,15-12+,17-7?,21-8?,22-14?. The normalized spacial score (nSPS) is 21.1. The van der Waals surface area contributed by atoms with E-state index in [1.165, 1.54) is 6.21 Å². The molecular weight excluding hydrogens is 291 g/mol. The van der Waals surface area contributed by atoms with E-state index in [1.807, 2.05) is 0 Å². The molecule has 1 fully saturated rings. The van der Waals surface area contributed by atoms with Crippen LogP contribution in [-0.4, -0.2) is 51.2 Å². The topological polar surface area (TPSA) is 134 Å². The smallest absolute Gasteiger partial charge is 0.272 e. The maximum Gasteiger partial charge on any atom is 0.272 e. The number of nitrogens with one attached hydrogen (secondary N) is 1. The van der Waals surface area contributed by atoms with E-state index < -0.39 is 0 Å². The predicted molar refractivity (Wildman–Crippen MR) is 95.4 cm³/mol. The van der Waals surface area contributed by atoms with Crippen LogP contribution in [0.2, 0.25) is 12.6 Å². The molecule has 0 saturated carbocycles. The second-order valence-electron chi connectivity index (χ2n) is 5.36. The van der Waals surface area contributed by atoms with Crippen molar-refractivity contribution >= 4 is 24.9 Å². The van der Waals surface area contributed by atoms with Crippen LogP contribution < -0.4 is 11.5 Å². The lowest BCUT2D eigenvalue weighted by Gasteiger charge is -2.23. The highest BCUT2D eigenvalue weighted by Crippen LogP contribution is 2.15. The Kier molecular flexibility index (Phi) is 7.78. The molecule has 1 unspecified atom stereocenters. The summed E-state index contributed by atoms with van der Waals surface area (Å²) in [6.45, 7) is 2.71. The van der Waals surface area contributed by atoms with Crippen LogP contribution in [0.4, 0.5) is 0 Å². The third kappa shape index (κ3) is 6.08. The lowest BCUT2D eigenvalue weighted by Crippen LogP contribution is -2.32. The van der Waals surface area contributed by atoms with Gasteiger partial charge in [0, 0.05) is 43.3 Å². The fourth-order valence-electron chi connectivity index (χ4n) is 2.22. The van der Waals surface area contributed by atoms with E-state index in [1.54, 1.807) is 20.0 Å². The predicted octanol–water partition coefficient (Wildman–Crippen LogP) is 0.809. The van der Waals surface area contributed by atoms with Crippen molar-refractivity contribution in [2.75, 3.05) is 20.2 Å². The van der Waals surface area contributed by atoms with Gasteiger partial charge < -0.3 is 21.6 Å². The highest BCUT2D eigenvalue weighted by Gasteiger charge is 2.25. The van der Waals surface area contributed by atoms with Crippen LogP contribution in [-0.2, 0) is 4.74 Å². The molecule has 122 valence electrons. The Morgan fingerprint density at radius 2 is 2.26 bits per heavy atom. The number of allylic oxidation sites excluding steroid dienone is 3. The largest absolute Gasteiger partial charge is 0.402 e. The molecule has 8 heteroatoms. The number of ether oxygens (including phenoxy) is 1. The quantitative estimate of drug-likeness (QED) is 0.494. The molecule has 1 aliphatic heterocycles. The lowest BCUT2D eigenvalue weighted by atomic mass is 9.45. The van der Waals surface area contributed by atoms with Gasteiger partial charge in [-0.25, -0.2) is 5.26 Å². The van der Waals surface area contributed by atoms with Gasteiger partial charge in [0.25, 0.3) is 6.71 Å². The van der Waals surface area contributed by atoms with Crippen LogP contribution in [0.3, 0.4) is 0 Å². The second-order valence-corrected chi connectivity index (χ2v) is 5.36. The van der Waals surface area contributed by atoms with Gasteiger partial charge in [0.05, 0.1) is 24.1 Å². The molecule has 0 aliphatic carbocycles. The van der Waals surface area contributed by atoms with E-state index in [2.05, 4.69) is 16.0 Å². The Balaban J connectivity index is 3.00. The molecule has 0 spiro atoms. The van der Waals surface area contributed by atoms with Crippen molar-refractivity contribution in [3.8, 4) is 5.97 Å². The highest BCUT2D eigenvalue weighted by molar-refractivity contribution is 6.67. The first-order valence-corrected chi connectivity index (χ1v) is 7.44. The minimum atomic E-state index is -0.106. The van der Waals surface area contributed by atoms with Gasteiger partial charge >= 0.3 is 0 Å². The van der Waals surface area contributed by atoms with Crippen molar-refractivity contribution in [2.24, 2.45) is 21.5 Å². The third-order valence-corrected chi connectivity index (χ3v) is 3.39. The van der Waals surface area contributed by atoms with Crippen molar-refractivity contribution < 1.29 is 4.74 Å². The SMILES string of the molecule is CN=C/C(C=N)=C(/N)C(/C=C(/C)N)=NCC1CB(C#N)CCO1. The zero-order valence-electron chi connectivity index (χ0n) is 13.6. The van der Waals surface area contributed by atoms with Crippen LogP contribution in [0.1, 0.15) is 6.92 Å². The van der Waals surface area contributed by atoms with Gasteiger partial charge in [-0.05, 0) is 25.6 Å². The molecular formula is C15H23BN6O. The van der Waals surface area contributed by atoms with Gasteiger partial charge in [0.1, 0.15) is 0 Å². The first-order chi connectivity index (χ1) is 11.0. The minimum absolute atomic E-state index is 0.0106. The average Bonchev–Trinajstić information content (AvgIpc) is 2.55. The number of hydrogen-bond donors (Lipinski definition) is 3. The summed E-state index contributed by atoms with van der Waals surface area (Å²) < 4.78 is 5.64. The van der Waals surface area contributed by atoms with E-state index in [9.17, 15) is 0 Å². The lowest BCUT2D eigenvalue weighted by molar-refractivity contribution is 0.0731. The van der Waals surface area contributed by atoms with Gasteiger partial charge in [-0.1, -0.05) is 0 Å². The maximum absolute atomic E-state index is 9.02. The molecule has 1 heterocycles.